The fourth-order valence-corrected chi connectivity index (χ4v) is 2.70. The number of hydrogen-bond acceptors (Lipinski definition) is 4. The van der Waals surface area contributed by atoms with E-state index in [-0.39, 0.29) is 5.91 Å². The Hall–Kier alpha value is -1.43. The van der Waals surface area contributed by atoms with Gasteiger partial charge in [0.1, 0.15) is 6.04 Å². The van der Waals surface area contributed by atoms with Gasteiger partial charge in [0.05, 0.1) is 0 Å². The third-order valence-electron chi connectivity index (χ3n) is 4.36. The largest absolute Gasteiger partial charge is 0.353 e. The van der Waals surface area contributed by atoms with Crippen molar-refractivity contribution in [1.82, 2.24) is 15.1 Å². The molecular weight excluding hydrogens is 276 g/mol. The quantitative estimate of drug-likeness (QED) is 0.814. The summed E-state index contributed by atoms with van der Waals surface area (Å²) in [6.07, 6.45) is 0. The summed E-state index contributed by atoms with van der Waals surface area (Å²) in [5.41, 5.74) is 8.04. The van der Waals surface area contributed by atoms with E-state index < -0.39 is 6.04 Å². The maximum absolute atomic E-state index is 12.1. The molecule has 1 aromatic rings. The van der Waals surface area contributed by atoms with E-state index in [1.807, 2.05) is 31.2 Å². The summed E-state index contributed by atoms with van der Waals surface area (Å²) in [5, 5.41) is 2.95. The molecule has 22 heavy (non-hydrogen) atoms. The molecule has 1 amide bonds. The van der Waals surface area contributed by atoms with Crippen molar-refractivity contribution in [2.75, 3.05) is 45.8 Å². The van der Waals surface area contributed by atoms with Crippen LogP contribution in [0.1, 0.15) is 24.1 Å². The van der Waals surface area contributed by atoms with E-state index in [0.29, 0.717) is 6.54 Å². The Morgan fingerprint density at radius 2 is 1.77 bits per heavy atom. The molecular formula is C17H28N4O. The van der Waals surface area contributed by atoms with Gasteiger partial charge >= 0.3 is 0 Å². The molecule has 0 bridgehead atoms. The van der Waals surface area contributed by atoms with Gasteiger partial charge in [0.2, 0.25) is 5.91 Å². The highest BCUT2D eigenvalue weighted by molar-refractivity contribution is 5.82. The van der Waals surface area contributed by atoms with Crippen molar-refractivity contribution in [3.8, 4) is 0 Å². The molecule has 1 aromatic carbocycles. The number of carbonyl (C=O) groups is 1. The van der Waals surface area contributed by atoms with Crippen molar-refractivity contribution in [2.45, 2.75) is 19.9 Å². The van der Waals surface area contributed by atoms with Gasteiger partial charge in [0.15, 0.2) is 0 Å². The van der Waals surface area contributed by atoms with E-state index in [1.165, 1.54) is 5.56 Å². The van der Waals surface area contributed by atoms with Crippen LogP contribution in [0.25, 0.3) is 0 Å². The first-order valence-electron chi connectivity index (χ1n) is 8.14. The van der Waals surface area contributed by atoms with Crippen molar-refractivity contribution in [3.05, 3.63) is 35.4 Å². The Morgan fingerprint density at radius 1 is 1.18 bits per heavy atom. The summed E-state index contributed by atoms with van der Waals surface area (Å²) >= 11 is 0. The molecule has 1 aliphatic heterocycles. The molecule has 2 rings (SSSR count). The molecule has 122 valence electrons. The molecule has 0 saturated carbocycles. The molecule has 1 saturated heterocycles. The molecule has 3 N–H and O–H groups in total. The monoisotopic (exact) mass is 304 g/mol. The summed E-state index contributed by atoms with van der Waals surface area (Å²) in [4.78, 5) is 16.9. The fraction of sp³-hybridized carbons (Fsp3) is 0.588. The van der Waals surface area contributed by atoms with Crippen LogP contribution in [-0.2, 0) is 4.79 Å². The number of nitrogens with two attached hydrogens (primary N) is 1. The van der Waals surface area contributed by atoms with E-state index >= 15 is 0 Å². The predicted octanol–water partition coefficient (Wildman–Crippen LogP) is 0.749. The summed E-state index contributed by atoms with van der Waals surface area (Å²) < 4.78 is 0. The van der Waals surface area contributed by atoms with Gasteiger partial charge in [-0.1, -0.05) is 36.8 Å². The second-order valence-corrected chi connectivity index (χ2v) is 5.96. The molecule has 0 radical (unpaired) electrons. The molecule has 0 spiro atoms. The summed E-state index contributed by atoms with van der Waals surface area (Å²) in [6.45, 7) is 11.3. The van der Waals surface area contributed by atoms with Crippen molar-refractivity contribution in [1.29, 1.82) is 0 Å². The van der Waals surface area contributed by atoms with Crippen LogP contribution >= 0.6 is 0 Å². The smallest absolute Gasteiger partial charge is 0.241 e. The van der Waals surface area contributed by atoms with Gasteiger partial charge in [-0.25, -0.2) is 0 Å². The van der Waals surface area contributed by atoms with Crippen LogP contribution < -0.4 is 11.1 Å². The third-order valence-corrected chi connectivity index (χ3v) is 4.36. The molecule has 5 nitrogen and oxygen atoms in total. The number of nitrogens with one attached hydrogen (secondary N) is 1. The number of likely N-dealkylation sites (N-methyl/N-ethyl adjacent to an activating group) is 1. The van der Waals surface area contributed by atoms with Crippen LogP contribution in [0.4, 0.5) is 0 Å². The number of carbonyl (C=O) groups excluding carboxylic acids is 1. The number of aryl methyl sites for hydroxylation is 1. The fourth-order valence-electron chi connectivity index (χ4n) is 2.70. The van der Waals surface area contributed by atoms with Gasteiger partial charge in [0.25, 0.3) is 0 Å². The highest BCUT2D eigenvalue weighted by Gasteiger charge is 2.17. The second-order valence-electron chi connectivity index (χ2n) is 5.96. The van der Waals surface area contributed by atoms with E-state index in [9.17, 15) is 4.79 Å². The maximum Gasteiger partial charge on any atom is 0.241 e. The topological polar surface area (TPSA) is 61.6 Å². The van der Waals surface area contributed by atoms with Crippen LogP contribution in [0, 0.1) is 6.92 Å². The number of benzene rings is 1. The maximum atomic E-state index is 12.1. The molecule has 1 atom stereocenters. The Morgan fingerprint density at radius 3 is 2.36 bits per heavy atom. The van der Waals surface area contributed by atoms with Crippen molar-refractivity contribution in [2.24, 2.45) is 5.73 Å². The Bertz CT molecular complexity index is 466. The second kappa shape index (κ2) is 8.27. The first-order valence-corrected chi connectivity index (χ1v) is 8.14. The van der Waals surface area contributed by atoms with Crippen molar-refractivity contribution >= 4 is 5.91 Å². The van der Waals surface area contributed by atoms with Crippen molar-refractivity contribution < 1.29 is 4.79 Å². The number of rotatable bonds is 6. The minimum absolute atomic E-state index is 0.101. The first kappa shape index (κ1) is 16.9. The number of piperazine rings is 1. The summed E-state index contributed by atoms with van der Waals surface area (Å²) in [5.74, 6) is -0.101. The Balaban J connectivity index is 1.70. The minimum Gasteiger partial charge on any atom is -0.353 e. The van der Waals surface area contributed by atoms with Crippen LogP contribution in [0.5, 0.6) is 0 Å². The summed E-state index contributed by atoms with van der Waals surface area (Å²) in [7, 11) is 0. The molecule has 0 aliphatic carbocycles. The summed E-state index contributed by atoms with van der Waals surface area (Å²) in [6, 6.07) is 7.22. The molecule has 0 aromatic heterocycles. The SMILES string of the molecule is CCN1CCN(CCNC(=O)C(N)c2ccc(C)cc2)CC1. The number of hydrogen-bond donors (Lipinski definition) is 2. The first-order chi connectivity index (χ1) is 10.6. The van der Waals surface area contributed by atoms with Crippen LogP contribution in [0.3, 0.4) is 0 Å². The lowest BCUT2D eigenvalue weighted by Gasteiger charge is -2.34. The highest BCUT2D eigenvalue weighted by atomic mass is 16.2. The van der Waals surface area contributed by atoms with E-state index in [0.717, 1.165) is 44.8 Å². The number of amides is 1. The van der Waals surface area contributed by atoms with Gasteiger partial charge in [0, 0.05) is 39.3 Å². The average Bonchev–Trinajstić information content (AvgIpc) is 2.55. The Kier molecular flexibility index (Phi) is 6.36. The molecule has 1 heterocycles. The van der Waals surface area contributed by atoms with Gasteiger partial charge in [-0.3, -0.25) is 9.69 Å². The van der Waals surface area contributed by atoms with Gasteiger partial charge in [-0.05, 0) is 19.0 Å². The van der Waals surface area contributed by atoms with E-state index in [2.05, 4.69) is 22.0 Å². The molecule has 1 fully saturated rings. The lowest BCUT2D eigenvalue weighted by atomic mass is 10.1. The van der Waals surface area contributed by atoms with Crippen LogP contribution in [-0.4, -0.2) is 61.5 Å². The van der Waals surface area contributed by atoms with Gasteiger partial charge in [-0.2, -0.15) is 0 Å². The molecule has 1 aliphatic rings. The lowest BCUT2D eigenvalue weighted by molar-refractivity contribution is -0.122. The molecule has 1 unspecified atom stereocenters. The normalized spacial score (nSPS) is 18.1. The Labute approximate surface area is 133 Å². The standard InChI is InChI=1S/C17H28N4O/c1-3-20-10-12-21(13-11-20)9-8-19-17(22)16(18)15-6-4-14(2)5-7-15/h4-7,16H,3,8-13,18H2,1-2H3,(H,19,22). The van der Waals surface area contributed by atoms with Crippen LogP contribution in [0.15, 0.2) is 24.3 Å². The third kappa shape index (κ3) is 4.80. The average molecular weight is 304 g/mol. The van der Waals surface area contributed by atoms with E-state index in [4.69, 9.17) is 5.73 Å². The zero-order valence-electron chi connectivity index (χ0n) is 13.7. The minimum atomic E-state index is -0.586. The van der Waals surface area contributed by atoms with E-state index in [1.54, 1.807) is 0 Å². The zero-order chi connectivity index (χ0) is 15.9. The number of nitrogens with zero attached hydrogens (tertiary/aromatic N) is 2. The molecule has 5 heteroatoms. The van der Waals surface area contributed by atoms with Crippen LogP contribution in [0.2, 0.25) is 0 Å². The van der Waals surface area contributed by atoms with Gasteiger partial charge < -0.3 is 16.0 Å². The zero-order valence-corrected chi connectivity index (χ0v) is 13.7. The predicted molar refractivity (Wildman–Crippen MR) is 89.7 cm³/mol. The lowest BCUT2D eigenvalue weighted by Crippen LogP contribution is -2.48. The van der Waals surface area contributed by atoms with Gasteiger partial charge in [-0.15, -0.1) is 0 Å². The van der Waals surface area contributed by atoms with Crippen molar-refractivity contribution in [3.63, 3.8) is 0 Å². The highest BCUT2D eigenvalue weighted by Crippen LogP contribution is 2.11.